The van der Waals surface area contributed by atoms with E-state index in [9.17, 15) is 4.79 Å². The van der Waals surface area contributed by atoms with Crippen molar-refractivity contribution in [2.75, 3.05) is 19.7 Å². The lowest BCUT2D eigenvalue weighted by atomic mass is 9.90. The molecule has 2 fully saturated rings. The number of hydrogen-bond donors (Lipinski definition) is 1. The van der Waals surface area contributed by atoms with Gasteiger partial charge in [-0.05, 0) is 39.2 Å². The van der Waals surface area contributed by atoms with Crippen LogP contribution in [0.2, 0.25) is 0 Å². The van der Waals surface area contributed by atoms with Crippen molar-refractivity contribution in [1.82, 2.24) is 20.0 Å². The summed E-state index contributed by atoms with van der Waals surface area (Å²) in [6.07, 6.45) is 8.75. The molecule has 6 nitrogen and oxygen atoms in total. The minimum Gasteiger partial charge on any atom is -0.374 e. The minimum absolute atomic E-state index is 0.177. The largest absolute Gasteiger partial charge is 0.374 e. The van der Waals surface area contributed by atoms with Gasteiger partial charge >= 0.3 is 0 Å². The Labute approximate surface area is 144 Å². The molecule has 1 aliphatic carbocycles. The molecule has 1 N–H and O–H groups in total. The van der Waals surface area contributed by atoms with E-state index in [0.717, 1.165) is 24.9 Å². The van der Waals surface area contributed by atoms with Gasteiger partial charge in [-0.15, -0.1) is 0 Å². The number of nitrogens with one attached hydrogen (secondary N) is 1. The fraction of sp³-hybridized carbons (Fsp3) is 0.778. The van der Waals surface area contributed by atoms with Crippen LogP contribution in [0.5, 0.6) is 0 Å². The maximum absolute atomic E-state index is 12.7. The summed E-state index contributed by atoms with van der Waals surface area (Å²) in [7, 11) is 0. The van der Waals surface area contributed by atoms with Gasteiger partial charge in [0.15, 0.2) is 0 Å². The fourth-order valence-corrected chi connectivity index (χ4v) is 3.81. The summed E-state index contributed by atoms with van der Waals surface area (Å²) in [6, 6.07) is 0.665. The summed E-state index contributed by atoms with van der Waals surface area (Å²) >= 11 is 0. The molecule has 1 aromatic rings. The van der Waals surface area contributed by atoms with Crippen molar-refractivity contribution in [3.8, 4) is 0 Å². The van der Waals surface area contributed by atoms with Gasteiger partial charge in [-0.3, -0.25) is 9.48 Å². The van der Waals surface area contributed by atoms with Crippen LogP contribution in [0.4, 0.5) is 0 Å². The Kier molecular flexibility index (Phi) is 5.56. The van der Waals surface area contributed by atoms with Crippen molar-refractivity contribution >= 4 is 5.91 Å². The summed E-state index contributed by atoms with van der Waals surface area (Å²) in [5.74, 6) is 0.200. The molecule has 0 spiro atoms. The van der Waals surface area contributed by atoms with Crippen LogP contribution < -0.4 is 5.32 Å². The van der Waals surface area contributed by atoms with Gasteiger partial charge in [0.1, 0.15) is 0 Å². The zero-order valence-electron chi connectivity index (χ0n) is 15.1. The minimum atomic E-state index is 0.177. The number of hydrogen-bond acceptors (Lipinski definition) is 4. The molecule has 2 heterocycles. The highest BCUT2D eigenvalue weighted by Gasteiger charge is 2.36. The lowest BCUT2D eigenvalue weighted by Gasteiger charge is -2.44. The van der Waals surface area contributed by atoms with E-state index in [0.29, 0.717) is 13.2 Å². The van der Waals surface area contributed by atoms with E-state index in [1.54, 1.807) is 0 Å². The van der Waals surface area contributed by atoms with Crippen molar-refractivity contribution in [1.29, 1.82) is 0 Å². The third-order valence-corrected chi connectivity index (χ3v) is 5.50. The normalized spacial score (nSPS) is 26.7. The van der Waals surface area contributed by atoms with E-state index >= 15 is 0 Å². The molecule has 6 heteroatoms. The van der Waals surface area contributed by atoms with Gasteiger partial charge in [0.25, 0.3) is 0 Å². The first-order valence-electron chi connectivity index (χ1n) is 9.21. The molecule has 0 radical (unpaired) electrons. The van der Waals surface area contributed by atoms with E-state index in [2.05, 4.69) is 29.2 Å². The van der Waals surface area contributed by atoms with Crippen LogP contribution in [0.3, 0.4) is 0 Å². The Morgan fingerprint density at radius 2 is 2.21 bits per heavy atom. The van der Waals surface area contributed by atoms with Crippen LogP contribution in [0.25, 0.3) is 0 Å². The summed E-state index contributed by atoms with van der Waals surface area (Å²) < 4.78 is 7.82. The number of morpholine rings is 1. The SMILES string of the molecule is Cc1cnn([C@H](C)[C@H](C)NCC(=O)N2CCO[C@@H]3CCCC[C@@H]32)c1. The molecule has 3 rings (SSSR count). The summed E-state index contributed by atoms with van der Waals surface area (Å²) in [4.78, 5) is 14.8. The quantitative estimate of drug-likeness (QED) is 0.893. The molecule has 24 heavy (non-hydrogen) atoms. The Bertz CT molecular complexity index is 557. The van der Waals surface area contributed by atoms with Gasteiger partial charge in [-0.25, -0.2) is 0 Å². The van der Waals surface area contributed by atoms with Gasteiger partial charge in [-0.1, -0.05) is 12.8 Å². The number of aryl methyl sites for hydroxylation is 1. The van der Waals surface area contributed by atoms with E-state index in [4.69, 9.17) is 4.74 Å². The Morgan fingerprint density at radius 1 is 1.42 bits per heavy atom. The second-order valence-corrected chi connectivity index (χ2v) is 7.26. The number of carbonyl (C=O) groups is 1. The molecule has 4 atom stereocenters. The third-order valence-electron chi connectivity index (χ3n) is 5.50. The van der Waals surface area contributed by atoms with E-state index in [1.165, 1.54) is 12.8 Å². The molecule has 1 saturated carbocycles. The molecule has 1 aromatic heterocycles. The Morgan fingerprint density at radius 3 is 2.96 bits per heavy atom. The first kappa shape index (κ1) is 17.4. The Balaban J connectivity index is 1.52. The highest BCUT2D eigenvalue weighted by molar-refractivity contribution is 5.78. The van der Waals surface area contributed by atoms with Crippen molar-refractivity contribution in [2.24, 2.45) is 0 Å². The first-order valence-corrected chi connectivity index (χ1v) is 9.21. The number of ether oxygens (including phenoxy) is 1. The highest BCUT2D eigenvalue weighted by Crippen LogP contribution is 2.28. The molecular weight excluding hydrogens is 304 g/mol. The Hall–Kier alpha value is -1.40. The number of amides is 1. The molecule has 1 saturated heterocycles. The number of rotatable bonds is 5. The van der Waals surface area contributed by atoms with Crippen molar-refractivity contribution in [3.05, 3.63) is 18.0 Å². The molecule has 134 valence electrons. The molecule has 2 aliphatic rings. The third kappa shape index (κ3) is 3.81. The summed E-state index contributed by atoms with van der Waals surface area (Å²) in [5, 5.41) is 7.76. The van der Waals surface area contributed by atoms with Gasteiger partial charge in [0, 0.05) is 18.8 Å². The zero-order chi connectivity index (χ0) is 17.1. The van der Waals surface area contributed by atoms with Crippen molar-refractivity contribution in [2.45, 2.75) is 70.7 Å². The summed E-state index contributed by atoms with van der Waals surface area (Å²) in [5.41, 5.74) is 1.15. The van der Waals surface area contributed by atoms with Crippen LogP contribution in [-0.2, 0) is 9.53 Å². The van der Waals surface area contributed by atoms with Crippen molar-refractivity contribution in [3.63, 3.8) is 0 Å². The van der Waals surface area contributed by atoms with E-state index in [1.807, 2.05) is 24.0 Å². The van der Waals surface area contributed by atoms with Crippen LogP contribution in [-0.4, -0.2) is 58.5 Å². The van der Waals surface area contributed by atoms with Crippen molar-refractivity contribution < 1.29 is 9.53 Å². The zero-order valence-corrected chi connectivity index (χ0v) is 15.1. The second kappa shape index (κ2) is 7.66. The lowest BCUT2D eigenvalue weighted by molar-refractivity contribution is -0.148. The molecule has 0 aromatic carbocycles. The smallest absolute Gasteiger partial charge is 0.236 e. The predicted molar refractivity (Wildman–Crippen MR) is 92.8 cm³/mol. The van der Waals surface area contributed by atoms with Crippen LogP contribution in [0.15, 0.2) is 12.4 Å². The maximum Gasteiger partial charge on any atom is 0.236 e. The number of aromatic nitrogens is 2. The van der Waals surface area contributed by atoms with Crippen LogP contribution in [0.1, 0.15) is 51.1 Å². The predicted octanol–water partition coefficient (Wildman–Crippen LogP) is 1.90. The van der Waals surface area contributed by atoms with Gasteiger partial charge in [0.2, 0.25) is 5.91 Å². The molecule has 0 unspecified atom stereocenters. The molecular formula is C18H30N4O2. The average molecular weight is 334 g/mol. The van der Waals surface area contributed by atoms with Crippen LogP contribution >= 0.6 is 0 Å². The lowest BCUT2D eigenvalue weighted by Crippen LogP contribution is -2.57. The maximum atomic E-state index is 12.7. The van der Waals surface area contributed by atoms with E-state index in [-0.39, 0.29) is 30.1 Å². The average Bonchev–Trinajstić information content (AvgIpc) is 3.04. The summed E-state index contributed by atoms with van der Waals surface area (Å²) in [6.45, 7) is 8.05. The standard InChI is InChI=1S/C18H30N4O2/c1-13-10-20-22(12-13)15(3)14(2)19-11-18(23)21-8-9-24-17-7-5-4-6-16(17)21/h10,12,14-17,19H,4-9,11H2,1-3H3/t14-,15+,16-,17+/m0/s1. The number of fused-ring (bicyclic) bond motifs is 1. The second-order valence-electron chi connectivity index (χ2n) is 7.26. The monoisotopic (exact) mass is 334 g/mol. The molecule has 1 aliphatic heterocycles. The van der Waals surface area contributed by atoms with Gasteiger partial charge < -0.3 is 15.0 Å². The van der Waals surface area contributed by atoms with E-state index < -0.39 is 0 Å². The number of nitrogens with zero attached hydrogens (tertiary/aromatic N) is 3. The van der Waals surface area contributed by atoms with Gasteiger partial charge in [0.05, 0.1) is 37.5 Å². The number of carbonyl (C=O) groups excluding carboxylic acids is 1. The van der Waals surface area contributed by atoms with Gasteiger partial charge in [-0.2, -0.15) is 5.10 Å². The topological polar surface area (TPSA) is 59.4 Å². The fourth-order valence-electron chi connectivity index (χ4n) is 3.81. The first-order chi connectivity index (χ1) is 11.6. The molecule has 0 bridgehead atoms. The molecule has 1 amide bonds. The highest BCUT2D eigenvalue weighted by atomic mass is 16.5. The van der Waals surface area contributed by atoms with Crippen LogP contribution in [0, 0.1) is 6.92 Å².